The van der Waals surface area contributed by atoms with Gasteiger partial charge in [-0.25, -0.2) is 0 Å². The molecule has 0 amide bonds. The molecule has 0 fully saturated rings. The van der Waals surface area contributed by atoms with Gasteiger partial charge in [-0.2, -0.15) is 0 Å². The van der Waals surface area contributed by atoms with Crippen molar-refractivity contribution in [1.82, 2.24) is 5.32 Å². The van der Waals surface area contributed by atoms with E-state index in [1.165, 1.54) is 0 Å². The van der Waals surface area contributed by atoms with Gasteiger partial charge < -0.3 is 25.3 Å². The molecule has 1 atom stereocenters. The Kier molecular flexibility index (Phi) is 12.7. The second-order valence-electron chi connectivity index (χ2n) is 3.64. The number of hydrogen-bond donors (Lipinski definition) is 2. The Hall–Kier alpha value is -0.200. The minimum absolute atomic E-state index is 0.375. The molecule has 0 aromatic heterocycles. The molecular formula is C11H26N2O3. The highest BCUT2D eigenvalue weighted by Crippen LogP contribution is 1.96. The molecule has 0 spiro atoms. The first-order chi connectivity index (χ1) is 7.85. The van der Waals surface area contributed by atoms with E-state index in [2.05, 4.69) is 5.32 Å². The van der Waals surface area contributed by atoms with Gasteiger partial charge in [0.1, 0.15) is 0 Å². The van der Waals surface area contributed by atoms with Crippen LogP contribution in [-0.4, -0.2) is 59.8 Å². The highest BCUT2D eigenvalue weighted by Gasteiger charge is 2.06. The Labute approximate surface area is 98.6 Å². The maximum Gasteiger partial charge on any atom is 0.0700 e. The fourth-order valence-corrected chi connectivity index (χ4v) is 1.39. The molecule has 16 heavy (non-hydrogen) atoms. The summed E-state index contributed by atoms with van der Waals surface area (Å²) in [6.07, 6.45) is 2.06. The first-order valence-electron chi connectivity index (χ1n) is 5.84. The van der Waals surface area contributed by atoms with Gasteiger partial charge >= 0.3 is 0 Å². The maximum absolute atomic E-state index is 5.48. The molecule has 0 radical (unpaired) electrons. The van der Waals surface area contributed by atoms with Crippen molar-refractivity contribution in [2.75, 3.05) is 53.7 Å². The lowest BCUT2D eigenvalue weighted by Gasteiger charge is -2.17. The monoisotopic (exact) mass is 234 g/mol. The van der Waals surface area contributed by atoms with Crippen LogP contribution in [-0.2, 0) is 14.2 Å². The summed E-state index contributed by atoms with van der Waals surface area (Å²) in [6.45, 7) is 4.28. The van der Waals surface area contributed by atoms with E-state index in [9.17, 15) is 0 Å². The van der Waals surface area contributed by atoms with E-state index < -0.39 is 0 Å². The van der Waals surface area contributed by atoms with Crippen molar-refractivity contribution in [2.45, 2.75) is 18.9 Å². The third-order valence-electron chi connectivity index (χ3n) is 2.24. The van der Waals surface area contributed by atoms with E-state index >= 15 is 0 Å². The standard InChI is InChI=1S/C11H26N2O3/c1-14-8-9-16-7-6-13-11(10-15-2)4-3-5-12/h11,13H,3-10,12H2,1-2H3. The van der Waals surface area contributed by atoms with Crippen LogP contribution in [0, 0.1) is 0 Å². The quantitative estimate of drug-likeness (QED) is 0.465. The van der Waals surface area contributed by atoms with Crippen LogP contribution < -0.4 is 11.1 Å². The van der Waals surface area contributed by atoms with Crippen molar-refractivity contribution in [3.8, 4) is 0 Å². The van der Waals surface area contributed by atoms with Crippen LogP contribution in [0.2, 0.25) is 0 Å². The van der Waals surface area contributed by atoms with Crippen LogP contribution in [0.25, 0.3) is 0 Å². The van der Waals surface area contributed by atoms with E-state index in [0.29, 0.717) is 25.9 Å². The molecule has 0 aliphatic carbocycles. The van der Waals surface area contributed by atoms with Gasteiger partial charge in [0.25, 0.3) is 0 Å². The third-order valence-corrected chi connectivity index (χ3v) is 2.24. The van der Waals surface area contributed by atoms with Crippen LogP contribution in [0.5, 0.6) is 0 Å². The van der Waals surface area contributed by atoms with Gasteiger partial charge in [0, 0.05) is 26.8 Å². The molecule has 0 saturated heterocycles. The predicted molar refractivity (Wildman–Crippen MR) is 64.7 cm³/mol. The normalized spacial score (nSPS) is 12.9. The number of rotatable bonds is 12. The average molecular weight is 234 g/mol. The summed E-state index contributed by atoms with van der Waals surface area (Å²) in [5.41, 5.74) is 5.48. The van der Waals surface area contributed by atoms with E-state index in [0.717, 1.165) is 32.5 Å². The van der Waals surface area contributed by atoms with Crippen molar-refractivity contribution in [2.24, 2.45) is 5.73 Å². The van der Waals surface area contributed by atoms with E-state index in [4.69, 9.17) is 19.9 Å². The van der Waals surface area contributed by atoms with Gasteiger partial charge in [0.05, 0.1) is 26.4 Å². The third kappa shape index (κ3) is 10.3. The van der Waals surface area contributed by atoms with Crippen molar-refractivity contribution in [1.29, 1.82) is 0 Å². The zero-order valence-corrected chi connectivity index (χ0v) is 10.5. The smallest absolute Gasteiger partial charge is 0.0700 e. The minimum atomic E-state index is 0.375. The molecule has 0 bridgehead atoms. The Morgan fingerprint density at radius 2 is 1.94 bits per heavy atom. The molecule has 98 valence electrons. The lowest BCUT2D eigenvalue weighted by Crippen LogP contribution is -2.36. The Balaban J connectivity index is 3.36. The molecule has 0 aromatic carbocycles. The molecule has 0 aliphatic rings. The largest absolute Gasteiger partial charge is 0.383 e. The number of nitrogens with two attached hydrogens (primary N) is 1. The van der Waals surface area contributed by atoms with Gasteiger partial charge in [-0.05, 0) is 19.4 Å². The summed E-state index contributed by atoms with van der Waals surface area (Å²) in [7, 11) is 3.38. The zero-order valence-electron chi connectivity index (χ0n) is 10.5. The van der Waals surface area contributed by atoms with Gasteiger partial charge in [-0.15, -0.1) is 0 Å². The summed E-state index contributed by atoms with van der Waals surface area (Å²) in [4.78, 5) is 0. The van der Waals surface area contributed by atoms with Gasteiger partial charge in [-0.3, -0.25) is 0 Å². The fraction of sp³-hybridized carbons (Fsp3) is 1.00. The Bertz CT molecular complexity index is 136. The first-order valence-corrected chi connectivity index (χ1v) is 5.84. The Morgan fingerprint density at radius 3 is 2.56 bits per heavy atom. The molecule has 0 aliphatic heterocycles. The van der Waals surface area contributed by atoms with Crippen LogP contribution in [0.15, 0.2) is 0 Å². The van der Waals surface area contributed by atoms with Crippen molar-refractivity contribution in [3.05, 3.63) is 0 Å². The molecular weight excluding hydrogens is 208 g/mol. The second kappa shape index (κ2) is 12.9. The zero-order chi connectivity index (χ0) is 12.1. The average Bonchev–Trinajstić information content (AvgIpc) is 2.30. The van der Waals surface area contributed by atoms with Gasteiger partial charge in [-0.1, -0.05) is 0 Å². The summed E-state index contributed by atoms with van der Waals surface area (Å²) in [5.74, 6) is 0. The number of ether oxygens (including phenoxy) is 3. The van der Waals surface area contributed by atoms with Crippen LogP contribution in [0.1, 0.15) is 12.8 Å². The highest BCUT2D eigenvalue weighted by atomic mass is 16.5. The summed E-state index contributed by atoms with van der Waals surface area (Å²) >= 11 is 0. The van der Waals surface area contributed by atoms with Crippen molar-refractivity contribution in [3.63, 3.8) is 0 Å². The lowest BCUT2D eigenvalue weighted by atomic mass is 10.1. The number of methoxy groups -OCH3 is 2. The van der Waals surface area contributed by atoms with Crippen LogP contribution in [0.3, 0.4) is 0 Å². The summed E-state index contributed by atoms with van der Waals surface area (Å²) in [6, 6.07) is 0.375. The molecule has 0 aromatic rings. The van der Waals surface area contributed by atoms with Gasteiger partial charge in [0.15, 0.2) is 0 Å². The van der Waals surface area contributed by atoms with Crippen molar-refractivity contribution >= 4 is 0 Å². The molecule has 0 rings (SSSR count). The molecule has 1 unspecified atom stereocenters. The number of hydrogen-bond acceptors (Lipinski definition) is 5. The van der Waals surface area contributed by atoms with E-state index in [1.54, 1.807) is 14.2 Å². The summed E-state index contributed by atoms with van der Waals surface area (Å²) in [5, 5.41) is 3.39. The lowest BCUT2D eigenvalue weighted by molar-refractivity contribution is 0.0688. The van der Waals surface area contributed by atoms with E-state index in [1.807, 2.05) is 0 Å². The second-order valence-corrected chi connectivity index (χ2v) is 3.64. The van der Waals surface area contributed by atoms with Crippen LogP contribution >= 0.6 is 0 Å². The molecule has 3 N–H and O–H groups in total. The molecule has 5 nitrogen and oxygen atoms in total. The maximum atomic E-state index is 5.48. The van der Waals surface area contributed by atoms with E-state index in [-0.39, 0.29) is 0 Å². The highest BCUT2D eigenvalue weighted by molar-refractivity contribution is 4.66. The molecule has 0 heterocycles. The summed E-state index contributed by atoms with van der Waals surface area (Å²) < 4.78 is 15.4. The van der Waals surface area contributed by atoms with Gasteiger partial charge in [0.2, 0.25) is 0 Å². The van der Waals surface area contributed by atoms with Crippen molar-refractivity contribution < 1.29 is 14.2 Å². The molecule has 0 saturated carbocycles. The SMILES string of the molecule is COCCOCCNC(CCCN)COC. The topological polar surface area (TPSA) is 65.7 Å². The number of nitrogens with one attached hydrogen (secondary N) is 1. The Morgan fingerprint density at radius 1 is 1.12 bits per heavy atom. The molecule has 5 heteroatoms. The minimum Gasteiger partial charge on any atom is -0.383 e. The fourth-order valence-electron chi connectivity index (χ4n) is 1.39. The predicted octanol–water partition coefficient (Wildman–Crippen LogP) is -0.00710. The van der Waals surface area contributed by atoms with Crippen LogP contribution in [0.4, 0.5) is 0 Å². The first kappa shape index (κ1) is 15.8.